The van der Waals surface area contributed by atoms with Gasteiger partial charge in [-0.25, -0.2) is 9.98 Å². The van der Waals surface area contributed by atoms with Gasteiger partial charge in [-0.15, -0.1) is 24.0 Å². The number of benzene rings is 1. The molecule has 118 valence electrons. The van der Waals surface area contributed by atoms with Crippen molar-refractivity contribution >= 4 is 29.9 Å². The van der Waals surface area contributed by atoms with Crippen LogP contribution in [-0.4, -0.2) is 33.5 Å². The smallest absolute Gasteiger partial charge is 0.191 e. The van der Waals surface area contributed by atoms with Gasteiger partial charge in [0, 0.05) is 25.5 Å². The topological polar surface area (TPSA) is 59.4 Å². The van der Waals surface area contributed by atoms with Gasteiger partial charge in [-0.1, -0.05) is 18.2 Å². The van der Waals surface area contributed by atoms with Crippen LogP contribution in [0.4, 0.5) is 0 Å². The molecule has 1 saturated heterocycles. The molecule has 0 spiro atoms. The summed E-state index contributed by atoms with van der Waals surface area (Å²) in [5, 5.41) is 0. The lowest BCUT2D eigenvalue weighted by atomic mass is 10.1. The summed E-state index contributed by atoms with van der Waals surface area (Å²) in [6.45, 7) is 2.65. The second-order valence-electron chi connectivity index (χ2n) is 5.32. The number of hydrogen-bond donors (Lipinski definition) is 1. The number of nitrogens with zero attached hydrogens (tertiary/aromatic N) is 4. The van der Waals surface area contributed by atoms with Crippen molar-refractivity contribution in [1.29, 1.82) is 0 Å². The average molecular weight is 411 g/mol. The minimum Gasteiger partial charge on any atom is -0.370 e. The zero-order chi connectivity index (χ0) is 14.5. The van der Waals surface area contributed by atoms with Crippen molar-refractivity contribution in [2.24, 2.45) is 10.7 Å². The third-order valence-corrected chi connectivity index (χ3v) is 3.87. The van der Waals surface area contributed by atoms with Gasteiger partial charge in [0.2, 0.25) is 0 Å². The highest BCUT2D eigenvalue weighted by molar-refractivity contribution is 14.0. The molecule has 2 aromatic rings. The number of halogens is 1. The minimum atomic E-state index is 0. The van der Waals surface area contributed by atoms with Gasteiger partial charge in [-0.2, -0.15) is 0 Å². The first-order chi connectivity index (χ1) is 10.3. The van der Waals surface area contributed by atoms with Crippen molar-refractivity contribution in [2.45, 2.75) is 25.8 Å². The fourth-order valence-electron chi connectivity index (χ4n) is 2.69. The molecular formula is C16H22IN5. The van der Waals surface area contributed by atoms with Crippen LogP contribution in [0.5, 0.6) is 0 Å². The Morgan fingerprint density at radius 2 is 1.95 bits per heavy atom. The van der Waals surface area contributed by atoms with E-state index in [1.807, 2.05) is 22.9 Å². The number of imidazole rings is 1. The number of nitrogens with two attached hydrogens (primary N) is 1. The second-order valence-corrected chi connectivity index (χ2v) is 5.32. The number of piperidine rings is 1. The summed E-state index contributed by atoms with van der Waals surface area (Å²) >= 11 is 0. The molecule has 1 fully saturated rings. The standard InChI is InChI=1S/C16H21N5.HI/c17-16(20-9-4-1-5-10-20)19-12-14-6-2-3-7-15(14)21-11-8-18-13-21;/h2-3,6-8,11,13H,1,4-5,9-10,12H2,(H2,17,19);1H. The summed E-state index contributed by atoms with van der Waals surface area (Å²) in [5.74, 6) is 0.662. The van der Waals surface area contributed by atoms with Crippen molar-refractivity contribution in [1.82, 2.24) is 14.5 Å². The molecule has 6 heteroatoms. The number of aliphatic imine (C=N–C) groups is 1. The highest BCUT2D eigenvalue weighted by Gasteiger charge is 2.12. The molecule has 1 aliphatic rings. The minimum absolute atomic E-state index is 0. The SMILES string of the molecule is I.NC(=NCc1ccccc1-n1ccnc1)N1CCCCC1. The Kier molecular flexibility index (Phi) is 6.23. The van der Waals surface area contributed by atoms with E-state index < -0.39 is 0 Å². The summed E-state index contributed by atoms with van der Waals surface area (Å²) in [6, 6.07) is 8.21. The molecule has 2 heterocycles. The number of rotatable bonds is 3. The lowest BCUT2D eigenvalue weighted by Crippen LogP contribution is -2.40. The molecule has 5 nitrogen and oxygen atoms in total. The predicted molar refractivity (Wildman–Crippen MR) is 99.7 cm³/mol. The molecule has 0 unspecified atom stereocenters. The first kappa shape index (κ1) is 16.8. The lowest BCUT2D eigenvalue weighted by Gasteiger charge is -2.27. The maximum Gasteiger partial charge on any atom is 0.191 e. The molecular weight excluding hydrogens is 389 g/mol. The Hall–Kier alpha value is -1.57. The van der Waals surface area contributed by atoms with Crippen molar-refractivity contribution < 1.29 is 0 Å². The Morgan fingerprint density at radius 3 is 2.68 bits per heavy atom. The van der Waals surface area contributed by atoms with Crippen LogP contribution in [0.2, 0.25) is 0 Å². The van der Waals surface area contributed by atoms with Gasteiger partial charge >= 0.3 is 0 Å². The molecule has 0 atom stereocenters. The number of aromatic nitrogens is 2. The monoisotopic (exact) mass is 411 g/mol. The quantitative estimate of drug-likeness (QED) is 0.480. The zero-order valence-corrected chi connectivity index (χ0v) is 14.9. The van der Waals surface area contributed by atoms with E-state index >= 15 is 0 Å². The first-order valence-electron chi connectivity index (χ1n) is 7.46. The fraction of sp³-hybridized carbons (Fsp3) is 0.375. The average Bonchev–Trinajstić information content (AvgIpc) is 3.08. The predicted octanol–water partition coefficient (Wildman–Crippen LogP) is 2.79. The van der Waals surface area contributed by atoms with Crippen LogP contribution in [0, 0.1) is 0 Å². The van der Waals surface area contributed by atoms with Crippen LogP contribution in [-0.2, 0) is 6.54 Å². The van der Waals surface area contributed by atoms with Gasteiger partial charge in [0.1, 0.15) is 0 Å². The van der Waals surface area contributed by atoms with E-state index in [1.54, 1.807) is 12.5 Å². The molecule has 3 rings (SSSR count). The molecule has 0 bridgehead atoms. The summed E-state index contributed by atoms with van der Waals surface area (Å²) in [5.41, 5.74) is 8.37. The number of guanidine groups is 1. The maximum absolute atomic E-state index is 6.12. The largest absolute Gasteiger partial charge is 0.370 e. The molecule has 0 saturated carbocycles. The van der Waals surface area contributed by atoms with E-state index in [0.29, 0.717) is 12.5 Å². The molecule has 1 aliphatic heterocycles. The van der Waals surface area contributed by atoms with Crippen molar-refractivity contribution in [2.75, 3.05) is 13.1 Å². The van der Waals surface area contributed by atoms with Crippen LogP contribution in [0.3, 0.4) is 0 Å². The molecule has 1 aromatic carbocycles. The van der Waals surface area contributed by atoms with E-state index in [1.165, 1.54) is 19.3 Å². The van der Waals surface area contributed by atoms with E-state index in [-0.39, 0.29) is 24.0 Å². The van der Waals surface area contributed by atoms with Crippen molar-refractivity contribution in [3.05, 3.63) is 48.5 Å². The van der Waals surface area contributed by atoms with E-state index in [9.17, 15) is 0 Å². The van der Waals surface area contributed by atoms with Gasteiger partial charge in [0.25, 0.3) is 0 Å². The highest BCUT2D eigenvalue weighted by atomic mass is 127. The molecule has 1 aromatic heterocycles. The number of likely N-dealkylation sites (tertiary alicyclic amines) is 1. The fourth-order valence-corrected chi connectivity index (χ4v) is 2.69. The van der Waals surface area contributed by atoms with Crippen molar-refractivity contribution in [3.8, 4) is 5.69 Å². The normalized spacial score (nSPS) is 15.5. The van der Waals surface area contributed by atoms with Crippen molar-refractivity contribution in [3.63, 3.8) is 0 Å². The van der Waals surface area contributed by atoms with Crippen LogP contribution < -0.4 is 5.73 Å². The summed E-state index contributed by atoms with van der Waals surface area (Å²) in [6.07, 6.45) is 9.24. The summed E-state index contributed by atoms with van der Waals surface area (Å²) in [4.78, 5) is 10.9. The third-order valence-electron chi connectivity index (χ3n) is 3.87. The van der Waals surface area contributed by atoms with Gasteiger partial charge < -0.3 is 15.2 Å². The zero-order valence-electron chi connectivity index (χ0n) is 12.6. The van der Waals surface area contributed by atoms with Crippen LogP contribution in [0.15, 0.2) is 48.0 Å². The van der Waals surface area contributed by atoms with Gasteiger partial charge in [-0.3, -0.25) is 0 Å². The Morgan fingerprint density at radius 1 is 1.18 bits per heavy atom. The van der Waals surface area contributed by atoms with E-state index in [4.69, 9.17) is 5.73 Å². The Balaban J connectivity index is 0.00000176. The maximum atomic E-state index is 6.12. The Labute approximate surface area is 148 Å². The van der Waals surface area contributed by atoms with E-state index in [0.717, 1.165) is 24.3 Å². The molecule has 0 radical (unpaired) electrons. The van der Waals surface area contributed by atoms with Gasteiger partial charge in [-0.05, 0) is 30.9 Å². The molecule has 2 N–H and O–H groups in total. The van der Waals surface area contributed by atoms with Crippen LogP contribution in [0.25, 0.3) is 5.69 Å². The Bertz CT molecular complexity index is 603. The molecule has 22 heavy (non-hydrogen) atoms. The van der Waals surface area contributed by atoms with Crippen LogP contribution in [0.1, 0.15) is 24.8 Å². The summed E-state index contributed by atoms with van der Waals surface area (Å²) in [7, 11) is 0. The summed E-state index contributed by atoms with van der Waals surface area (Å²) < 4.78 is 2.00. The number of para-hydroxylation sites is 1. The van der Waals surface area contributed by atoms with E-state index in [2.05, 4.69) is 27.0 Å². The lowest BCUT2D eigenvalue weighted by molar-refractivity contribution is 0.338. The molecule has 0 aliphatic carbocycles. The second kappa shape index (κ2) is 8.17. The molecule has 0 amide bonds. The number of hydrogen-bond acceptors (Lipinski definition) is 2. The van der Waals surface area contributed by atoms with Crippen LogP contribution >= 0.6 is 24.0 Å². The van der Waals surface area contributed by atoms with Gasteiger partial charge in [0.05, 0.1) is 18.6 Å². The van der Waals surface area contributed by atoms with Gasteiger partial charge in [0.15, 0.2) is 5.96 Å². The highest BCUT2D eigenvalue weighted by Crippen LogP contribution is 2.15. The third kappa shape index (κ3) is 4.00. The first-order valence-corrected chi connectivity index (χ1v) is 7.46.